The van der Waals surface area contributed by atoms with Crippen molar-refractivity contribution in [3.8, 4) is 5.75 Å². The molecule has 1 aromatic rings. The molecule has 0 spiro atoms. The first kappa shape index (κ1) is 12.1. The van der Waals surface area contributed by atoms with Crippen molar-refractivity contribution in [2.75, 3.05) is 7.11 Å². The van der Waals surface area contributed by atoms with Crippen LogP contribution in [0.2, 0.25) is 0 Å². The number of para-hydroxylation sites is 1. The minimum atomic E-state index is 0.330. The molecular weight excluding hydrogens is 186 g/mol. The highest BCUT2D eigenvalue weighted by Crippen LogP contribution is 2.24. The zero-order valence-corrected chi connectivity index (χ0v) is 10.1. The van der Waals surface area contributed by atoms with E-state index in [4.69, 9.17) is 4.74 Å². The molecule has 1 N–H and O–H groups in total. The van der Waals surface area contributed by atoms with E-state index in [0.717, 1.165) is 12.2 Å². The molecule has 84 valence electrons. The molecule has 0 saturated carbocycles. The highest BCUT2D eigenvalue weighted by molar-refractivity contribution is 5.35. The summed E-state index contributed by atoms with van der Waals surface area (Å²) >= 11 is 0. The summed E-state index contributed by atoms with van der Waals surface area (Å²) < 4.78 is 5.34. The maximum Gasteiger partial charge on any atom is 0.123 e. The van der Waals surface area contributed by atoms with Crippen LogP contribution in [0.15, 0.2) is 24.3 Å². The van der Waals surface area contributed by atoms with Gasteiger partial charge < -0.3 is 10.1 Å². The average molecular weight is 207 g/mol. The second-order valence-corrected chi connectivity index (χ2v) is 3.94. The van der Waals surface area contributed by atoms with Crippen molar-refractivity contribution >= 4 is 0 Å². The van der Waals surface area contributed by atoms with Crippen LogP contribution in [-0.4, -0.2) is 13.2 Å². The van der Waals surface area contributed by atoms with E-state index < -0.39 is 0 Å². The summed E-state index contributed by atoms with van der Waals surface area (Å²) in [5.41, 5.74) is 1.22. The molecule has 0 aliphatic heterocycles. The van der Waals surface area contributed by atoms with E-state index in [1.807, 2.05) is 18.2 Å². The van der Waals surface area contributed by atoms with E-state index in [9.17, 15) is 0 Å². The molecule has 0 unspecified atom stereocenters. The Hall–Kier alpha value is -1.02. The molecule has 15 heavy (non-hydrogen) atoms. The van der Waals surface area contributed by atoms with Gasteiger partial charge in [-0.1, -0.05) is 25.1 Å². The van der Waals surface area contributed by atoms with E-state index in [-0.39, 0.29) is 0 Å². The lowest BCUT2D eigenvalue weighted by Gasteiger charge is -2.20. The third-order valence-electron chi connectivity index (χ3n) is 2.75. The smallest absolute Gasteiger partial charge is 0.123 e. The third kappa shape index (κ3) is 3.24. The molecule has 2 atom stereocenters. The van der Waals surface area contributed by atoms with Crippen molar-refractivity contribution in [2.24, 2.45) is 0 Å². The second-order valence-electron chi connectivity index (χ2n) is 3.94. The van der Waals surface area contributed by atoms with Gasteiger partial charge >= 0.3 is 0 Å². The molecule has 0 aliphatic rings. The summed E-state index contributed by atoms with van der Waals surface area (Å²) in [4.78, 5) is 0. The molecule has 0 radical (unpaired) electrons. The molecule has 0 heterocycles. The minimum Gasteiger partial charge on any atom is -0.496 e. The van der Waals surface area contributed by atoms with E-state index in [1.165, 1.54) is 5.56 Å². The summed E-state index contributed by atoms with van der Waals surface area (Å²) in [7, 11) is 1.72. The molecule has 2 nitrogen and oxygen atoms in total. The van der Waals surface area contributed by atoms with Gasteiger partial charge in [0.2, 0.25) is 0 Å². The highest BCUT2D eigenvalue weighted by Gasteiger charge is 2.11. The zero-order valence-electron chi connectivity index (χ0n) is 10.1. The monoisotopic (exact) mass is 207 g/mol. The number of hydrogen-bond acceptors (Lipinski definition) is 2. The van der Waals surface area contributed by atoms with Gasteiger partial charge in [-0.05, 0) is 26.3 Å². The SMILES string of the molecule is CC[C@H](C)N[C@@H](C)c1ccccc1OC. The minimum absolute atomic E-state index is 0.330. The fraction of sp³-hybridized carbons (Fsp3) is 0.538. The molecule has 1 aromatic carbocycles. The van der Waals surface area contributed by atoms with Gasteiger partial charge in [0.15, 0.2) is 0 Å². The van der Waals surface area contributed by atoms with Crippen molar-refractivity contribution < 1.29 is 4.74 Å². The van der Waals surface area contributed by atoms with E-state index in [0.29, 0.717) is 12.1 Å². The molecular formula is C13H21NO. The normalized spacial score (nSPS) is 14.7. The van der Waals surface area contributed by atoms with E-state index >= 15 is 0 Å². The first-order valence-electron chi connectivity index (χ1n) is 5.58. The Morgan fingerprint density at radius 2 is 1.93 bits per heavy atom. The molecule has 0 bridgehead atoms. The summed E-state index contributed by atoms with van der Waals surface area (Å²) in [6, 6.07) is 9.02. The van der Waals surface area contributed by atoms with Crippen LogP contribution in [-0.2, 0) is 0 Å². The van der Waals surface area contributed by atoms with Crippen molar-refractivity contribution in [1.82, 2.24) is 5.32 Å². The van der Waals surface area contributed by atoms with Gasteiger partial charge in [0.05, 0.1) is 7.11 Å². The summed E-state index contributed by atoms with van der Waals surface area (Å²) in [6.45, 7) is 6.56. The van der Waals surface area contributed by atoms with E-state index in [1.54, 1.807) is 7.11 Å². The molecule has 2 heteroatoms. The Bertz CT molecular complexity index is 298. The first-order chi connectivity index (χ1) is 7.19. The van der Waals surface area contributed by atoms with Crippen LogP contribution in [0.25, 0.3) is 0 Å². The molecule has 0 fully saturated rings. The summed E-state index contributed by atoms with van der Waals surface area (Å²) in [5.74, 6) is 0.959. The Kier molecular flexibility index (Phi) is 4.63. The predicted octanol–water partition coefficient (Wildman–Crippen LogP) is 3.14. The van der Waals surface area contributed by atoms with Gasteiger partial charge in [-0.3, -0.25) is 0 Å². The number of nitrogens with one attached hydrogen (secondary N) is 1. The molecule has 1 rings (SSSR count). The standard InChI is InChI=1S/C13H21NO/c1-5-10(2)14-11(3)12-8-6-7-9-13(12)15-4/h6-11,14H,5H2,1-4H3/t10-,11-/m0/s1. The number of ether oxygens (including phenoxy) is 1. The quantitative estimate of drug-likeness (QED) is 0.801. The molecule has 0 aromatic heterocycles. The van der Waals surface area contributed by atoms with Crippen molar-refractivity contribution in [1.29, 1.82) is 0 Å². The lowest BCUT2D eigenvalue weighted by Crippen LogP contribution is -2.28. The lowest BCUT2D eigenvalue weighted by atomic mass is 10.1. The number of rotatable bonds is 5. The van der Waals surface area contributed by atoms with Crippen molar-refractivity contribution in [3.05, 3.63) is 29.8 Å². The van der Waals surface area contributed by atoms with Crippen LogP contribution < -0.4 is 10.1 Å². The van der Waals surface area contributed by atoms with Crippen LogP contribution >= 0.6 is 0 Å². The average Bonchev–Trinajstić information content (AvgIpc) is 2.28. The van der Waals surface area contributed by atoms with Gasteiger partial charge in [0.1, 0.15) is 5.75 Å². The fourth-order valence-corrected chi connectivity index (χ4v) is 1.66. The lowest BCUT2D eigenvalue weighted by molar-refractivity contribution is 0.394. The Labute approximate surface area is 92.6 Å². The maximum atomic E-state index is 5.34. The van der Waals surface area contributed by atoms with Crippen LogP contribution in [0.3, 0.4) is 0 Å². The van der Waals surface area contributed by atoms with Crippen LogP contribution in [0, 0.1) is 0 Å². The van der Waals surface area contributed by atoms with Gasteiger partial charge in [0, 0.05) is 17.6 Å². The number of benzene rings is 1. The van der Waals surface area contributed by atoms with Gasteiger partial charge in [-0.15, -0.1) is 0 Å². The van der Waals surface area contributed by atoms with Gasteiger partial charge in [-0.2, -0.15) is 0 Å². The van der Waals surface area contributed by atoms with E-state index in [2.05, 4.69) is 32.2 Å². The Morgan fingerprint density at radius 3 is 2.53 bits per heavy atom. The molecule has 0 aliphatic carbocycles. The topological polar surface area (TPSA) is 21.3 Å². The van der Waals surface area contributed by atoms with Crippen molar-refractivity contribution in [2.45, 2.75) is 39.3 Å². The van der Waals surface area contributed by atoms with Crippen molar-refractivity contribution in [3.63, 3.8) is 0 Å². The summed E-state index contributed by atoms with van der Waals surface area (Å²) in [6.07, 6.45) is 1.14. The molecule has 0 amide bonds. The number of methoxy groups -OCH3 is 1. The fourth-order valence-electron chi connectivity index (χ4n) is 1.66. The number of hydrogen-bond donors (Lipinski definition) is 1. The Balaban J connectivity index is 2.76. The van der Waals surface area contributed by atoms with Crippen LogP contribution in [0.4, 0.5) is 0 Å². The predicted molar refractivity (Wildman–Crippen MR) is 64.3 cm³/mol. The van der Waals surface area contributed by atoms with Gasteiger partial charge in [-0.25, -0.2) is 0 Å². The zero-order chi connectivity index (χ0) is 11.3. The largest absolute Gasteiger partial charge is 0.496 e. The second kappa shape index (κ2) is 5.76. The van der Waals surface area contributed by atoms with Crippen LogP contribution in [0.1, 0.15) is 38.8 Å². The highest BCUT2D eigenvalue weighted by atomic mass is 16.5. The maximum absolute atomic E-state index is 5.34. The summed E-state index contributed by atoms with van der Waals surface area (Å²) in [5, 5.41) is 3.54. The Morgan fingerprint density at radius 1 is 1.27 bits per heavy atom. The van der Waals surface area contributed by atoms with Crippen LogP contribution in [0.5, 0.6) is 5.75 Å². The molecule has 0 saturated heterocycles. The first-order valence-corrected chi connectivity index (χ1v) is 5.58. The van der Waals surface area contributed by atoms with Gasteiger partial charge in [0.25, 0.3) is 0 Å². The third-order valence-corrected chi connectivity index (χ3v) is 2.75.